The third kappa shape index (κ3) is 8.48. The summed E-state index contributed by atoms with van der Waals surface area (Å²) in [5.74, 6) is 1.53. The number of alkyl halides is 3. The minimum absolute atomic E-state index is 0.0518. The Bertz CT molecular complexity index is 600. The zero-order chi connectivity index (χ0) is 20.4. The highest BCUT2D eigenvalue weighted by atomic mass is 19.4. The molecule has 0 unspecified atom stereocenters. The Hall–Kier alpha value is -1.80. The Labute approximate surface area is 164 Å². The lowest BCUT2D eigenvalue weighted by Gasteiger charge is -2.26. The number of guanidine groups is 1. The fourth-order valence-corrected chi connectivity index (χ4v) is 3.12. The lowest BCUT2D eigenvalue weighted by Crippen LogP contribution is -2.39. The first-order chi connectivity index (χ1) is 13.4. The van der Waals surface area contributed by atoms with E-state index in [1.165, 1.54) is 0 Å². The number of nitrogens with one attached hydrogen (secondary N) is 1. The average Bonchev–Trinajstić information content (AvgIpc) is 2.68. The van der Waals surface area contributed by atoms with E-state index >= 15 is 0 Å². The van der Waals surface area contributed by atoms with Crippen LogP contribution in [0.4, 0.5) is 13.2 Å². The monoisotopic (exact) mass is 401 g/mol. The molecule has 0 aromatic heterocycles. The van der Waals surface area contributed by atoms with Gasteiger partial charge in [-0.3, -0.25) is 4.99 Å². The average molecular weight is 401 g/mol. The van der Waals surface area contributed by atoms with Crippen LogP contribution in [-0.2, 0) is 22.6 Å². The second-order valence-electron chi connectivity index (χ2n) is 7.09. The quantitative estimate of drug-likeness (QED) is 0.534. The first-order valence-electron chi connectivity index (χ1n) is 9.59. The minimum atomic E-state index is -4.30. The number of aliphatic imine (C=N–C) groups is 1. The summed E-state index contributed by atoms with van der Waals surface area (Å²) in [6.45, 7) is 1.96. The summed E-state index contributed by atoms with van der Waals surface area (Å²) in [4.78, 5) is 6.45. The van der Waals surface area contributed by atoms with Gasteiger partial charge in [-0.15, -0.1) is 0 Å². The summed E-state index contributed by atoms with van der Waals surface area (Å²) in [5.41, 5.74) is 1.74. The summed E-state index contributed by atoms with van der Waals surface area (Å²) in [6.07, 6.45) is -0.929. The van der Waals surface area contributed by atoms with Crippen LogP contribution >= 0.6 is 0 Å². The Morgan fingerprint density at radius 1 is 1.21 bits per heavy atom. The predicted molar refractivity (Wildman–Crippen MR) is 103 cm³/mol. The van der Waals surface area contributed by atoms with Gasteiger partial charge >= 0.3 is 6.18 Å². The molecular weight excluding hydrogens is 371 g/mol. The van der Waals surface area contributed by atoms with Gasteiger partial charge in [-0.2, -0.15) is 13.2 Å². The van der Waals surface area contributed by atoms with Gasteiger partial charge in [0.15, 0.2) is 5.96 Å². The third-order valence-corrected chi connectivity index (χ3v) is 4.80. The fourth-order valence-electron chi connectivity index (χ4n) is 3.12. The molecule has 0 amide bonds. The van der Waals surface area contributed by atoms with Crippen molar-refractivity contribution < 1.29 is 22.6 Å². The van der Waals surface area contributed by atoms with Crippen LogP contribution in [0.3, 0.4) is 0 Å². The maximum Gasteiger partial charge on any atom is 0.411 e. The van der Waals surface area contributed by atoms with Crippen LogP contribution in [0, 0.1) is 5.92 Å². The van der Waals surface area contributed by atoms with Crippen molar-refractivity contribution in [2.24, 2.45) is 10.9 Å². The van der Waals surface area contributed by atoms with Crippen molar-refractivity contribution in [3.63, 3.8) is 0 Å². The molecule has 0 aliphatic carbocycles. The number of hydrogen-bond donors (Lipinski definition) is 1. The van der Waals surface area contributed by atoms with Gasteiger partial charge in [-0.1, -0.05) is 24.3 Å². The third-order valence-electron chi connectivity index (χ3n) is 4.80. The maximum absolute atomic E-state index is 12.1. The number of benzene rings is 1. The molecule has 0 radical (unpaired) electrons. The van der Waals surface area contributed by atoms with Gasteiger partial charge in [0.05, 0.1) is 6.61 Å². The second kappa shape index (κ2) is 11.3. The van der Waals surface area contributed by atoms with Crippen LogP contribution < -0.4 is 5.32 Å². The normalized spacial score (nSPS) is 16.2. The first-order valence-corrected chi connectivity index (χ1v) is 9.59. The molecule has 1 fully saturated rings. The lowest BCUT2D eigenvalue weighted by molar-refractivity contribution is -0.176. The maximum atomic E-state index is 12.1. The van der Waals surface area contributed by atoms with Crippen molar-refractivity contribution >= 4 is 5.96 Å². The van der Waals surface area contributed by atoms with Crippen LogP contribution in [0.25, 0.3) is 0 Å². The zero-order valence-electron chi connectivity index (χ0n) is 16.6. The van der Waals surface area contributed by atoms with Crippen LogP contribution in [-0.4, -0.2) is 57.5 Å². The van der Waals surface area contributed by atoms with Crippen molar-refractivity contribution in [2.75, 3.05) is 40.5 Å². The molecule has 5 nitrogen and oxygen atoms in total. The molecule has 28 heavy (non-hydrogen) atoms. The van der Waals surface area contributed by atoms with Gasteiger partial charge in [0.2, 0.25) is 0 Å². The number of rotatable bonds is 8. The smallest absolute Gasteiger partial charge is 0.381 e. The SMILES string of the molecule is CN=C(NCc1ccc(COCC(F)(F)F)cc1)N(C)CCC1CCOCC1. The van der Waals surface area contributed by atoms with Gasteiger partial charge < -0.3 is 19.7 Å². The number of ether oxygens (including phenoxy) is 2. The Kier molecular flexibility index (Phi) is 9.05. The summed E-state index contributed by atoms with van der Waals surface area (Å²) in [7, 11) is 3.78. The molecule has 158 valence electrons. The molecule has 8 heteroatoms. The van der Waals surface area contributed by atoms with Gasteiger partial charge in [0, 0.05) is 40.4 Å². The van der Waals surface area contributed by atoms with Gasteiger partial charge in [-0.25, -0.2) is 0 Å². The van der Waals surface area contributed by atoms with E-state index in [0.717, 1.165) is 50.5 Å². The molecule has 1 aliphatic heterocycles. The van der Waals surface area contributed by atoms with Gasteiger partial charge in [0.25, 0.3) is 0 Å². The van der Waals surface area contributed by atoms with Crippen molar-refractivity contribution in [2.45, 2.75) is 38.6 Å². The molecule has 2 rings (SSSR count). The molecule has 0 saturated carbocycles. The summed E-state index contributed by atoms with van der Waals surface area (Å²) >= 11 is 0. The summed E-state index contributed by atoms with van der Waals surface area (Å²) < 4.78 is 46.4. The Morgan fingerprint density at radius 3 is 2.46 bits per heavy atom. The standard InChI is InChI=1S/C20H30F3N3O2/c1-24-19(26(2)10-7-16-8-11-27-12-9-16)25-13-17-3-5-18(6-4-17)14-28-15-20(21,22)23/h3-6,16H,7-15H2,1-2H3,(H,24,25). The van der Waals surface area contributed by atoms with Crippen molar-refractivity contribution in [1.82, 2.24) is 10.2 Å². The van der Waals surface area contributed by atoms with E-state index in [1.807, 2.05) is 19.2 Å². The molecule has 1 aliphatic rings. The van der Waals surface area contributed by atoms with E-state index < -0.39 is 12.8 Å². The van der Waals surface area contributed by atoms with Crippen LogP contribution in [0.15, 0.2) is 29.3 Å². The molecular formula is C20H30F3N3O2. The van der Waals surface area contributed by atoms with Crippen LogP contribution in [0.1, 0.15) is 30.4 Å². The van der Waals surface area contributed by atoms with Crippen molar-refractivity contribution in [3.8, 4) is 0 Å². The van der Waals surface area contributed by atoms with Crippen molar-refractivity contribution in [1.29, 1.82) is 0 Å². The van der Waals surface area contributed by atoms with E-state index in [0.29, 0.717) is 18.0 Å². The topological polar surface area (TPSA) is 46.1 Å². The number of hydrogen-bond acceptors (Lipinski definition) is 3. The van der Waals surface area contributed by atoms with Crippen LogP contribution in [0.5, 0.6) is 0 Å². The van der Waals surface area contributed by atoms with E-state index in [2.05, 4.69) is 19.9 Å². The number of nitrogens with zero attached hydrogens (tertiary/aromatic N) is 2. The molecule has 0 bridgehead atoms. The minimum Gasteiger partial charge on any atom is -0.381 e. The second-order valence-corrected chi connectivity index (χ2v) is 7.09. The highest BCUT2D eigenvalue weighted by molar-refractivity contribution is 5.79. The molecule has 0 spiro atoms. The molecule has 1 N–H and O–H groups in total. The summed E-state index contributed by atoms with van der Waals surface area (Å²) in [6, 6.07) is 7.33. The van der Waals surface area contributed by atoms with E-state index in [1.54, 1.807) is 19.2 Å². The van der Waals surface area contributed by atoms with E-state index in [4.69, 9.17) is 4.74 Å². The highest BCUT2D eigenvalue weighted by Gasteiger charge is 2.27. The fraction of sp³-hybridized carbons (Fsp3) is 0.650. The van der Waals surface area contributed by atoms with Crippen molar-refractivity contribution in [3.05, 3.63) is 35.4 Å². The lowest BCUT2D eigenvalue weighted by atomic mass is 9.96. The predicted octanol–water partition coefficient (Wildman–Crippen LogP) is 3.59. The first kappa shape index (κ1) is 22.5. The largest absolute Gasteiger partial charge is 0.411 e. The Morgan fingerprint density at radius 2 is 1.86 bits per heavy atom. The zero-order valence-corrected chi connectivity index (χ0v) is 16.6. The van der Waals surface area contributed by atoms with Crippen LogP contribution in [0.2, 0.25) is 0 Å². The summed E-state index contributed by atoms with van der Waals surface area (Å²) in [5, 5.41) is 3.33. The van der Waals surface area contributed by atoms with Gasteiger partial charge in [-0.05, 0) is 36.3 Å². The molecule has 1 aromatic carbocycles. The van der Waals surface area contributed by atoms with E-state index in [9.17, 15) is 13.2 Å². The molecule has 0 atom stereocenters. The molecule has 1 aromatic rings. The molecule has 1 saturated heterocycles. The highest BCUT2D eigenvalue weighted by Crippen LogP contribution is 2.18. The van der Waals surface area contributed by atoms with E-state index in [-0.39, 0.29) is 6.61 Å². The van der Waals surface area contributed by atoms with Gasteiger partial charge in [0.1, 0.15) is 6.61 Å². The Balaban J connectivity index is 1.72. The molecule has 1 heterocycles. The number of halogens is 3.